The van der Waals surface area contributed by atoms with Crippen LogP contribution in [0.3, 0.4) is 0 Å². The van der Waals surface area contributed by atoms with E-state index in [1.165, 1.54) is 0 Å². The van der Waals surface area contributed by atoms with Crippen LogP contribution in [0.25, 0.3) is 0 Å². The number of rotatable bonds is 15. The summed E-state index contributed by atoms with van der Waals surface area (Å²) in [5.74, 6) is -2.63. The van der Waals surface area contributed by atoms with Gasteiger partial charge in [0.05, 0.1) is 19.6 Å². The fourth-order valence-electron chi connectivity index (χ4n) is 2.69. The van der Waals surface area contributed by atoms with Gasteiger partial charge in [0.15, 0.2) is 0 Å². The molecule has 0 aromatic heterocycles. The highest BCUT2D eigenvalue weighted by atomic mass is 16.4. The minimum absolute atomic E-state index is 0.0338. The molecular formula is C17H33N3O6. The molecule has 0 amide bonds. The fourth-order valence-corrected chi connectivity index (χ4v) is 2.69. The highest BCUT2D eigenvalue weighted by Crippen LogP contribution is 2.31. The number of likely N-dealkylation sites (N-methyl/N-ethyl adjacent to an activating group) is 3. The maximum atomic E-state index is 10.8. The van der Waals surface area contributed by atoms with Crippen LogP contribution in [0, 0.1) is 5.41 Å². The van der Waals surface area contributed by atoms with Gasteiger partial charge in [0.2, 0.25) is 0 Å². The number of carbonyl (C=O) groups is 3. The summed E-state index contributed by atoms with van der Waals surface area (Å²) in [6.45, 7) is 3.80. The third kappa shape index (κ3) is 12.6. The second-order valence-electron chi connectivity index (χ2n) is 7.46. The number of hydrogen-bond donors (Lipinski definition) is 3. The molecule has 0 rings (SSSR count). The van der Waals surface area contributed by atoms with E-state index in [0.717, 1.165) is 19.3 Å². The van der Waals surface area contributed by atoms with E-state index < -0.39 is 17.9 Å². The lowest BCUT2D eigenvalue weighted by molar-refractivity contribution is -0.138. The maximum absolute atomic E-state index is 10.8. The van der Waals surface area contributed by atoms with Crippen LogP contribution >= 0.6 is 0 Å². The Balaban J connectivity index is 4.74. The highest BCUT2D eigenvalue weighted by molar-refractivity contribution is 5.69. The molecule has 9 nitrogen and oxygen atoms in total. The molecule has 9 heteroatoms. The van der Waals surface area contributed by atoms with E-state index in [1.54, 1.807) is 35.8 Å². The van der Waals surface area contributed by atoms with E-state index in [-0.39, 0.29) is 25.0 Å². The van der Waals surface area contributed by atoms with Crippen molar-refractivity contribution in [3.05, 3.63) is 0 Å². The molecule has 0 unspecified atom stereocenters. The summed E-state index contributed by atoms with van der Waals surface area (Å²) in [5.41, 5.74) is -0.147. The van der Waals surface area contributed by atoms with Crippen LogP contribution in [-0.4, -0.2) is 108 Å². The van der Waals surface area contributed by atoms with E-state index in [4.69, 9.17) is 15.3 Å². The van der Waals surface area contributed by atoms with Gasteiger partial charge in [-0.2, -0.15) is 0 Å². The lowest BCUT2D eigenvalue weighted by Crippen LogP contribution is -2.36. The van der Waals surface area contributed by atoms with Gasteiger partial charge in [-0.05, 0) is 65.5 Å². The lowest BCUT2D eigenvalue weighted by Gasteiger charge is -2.34. The topological polar surface area (TPSA) is 122 Å². The van der Waals surface area contributed by atoms with Crippen LogP contribution in [-0.2, 0) is 14.4 Å². The molecule has 0 aromatic rings. The molecule has 0 fully saturated rings. The van der Waals surface area contributed by atoms with Crippen molar-refractivity contribution in [2.75, 3.05) is 60.4 Å². The number of aliphatic carboxylic acids is 3. The van der Waals surface area contributed by atoms with Gasteiger partial charge >= 0.3 is 17.9 Å². The van der Waals surface area contributed by atoms with Crippen molar-refractivity contribution >= 4 is 17.9 Å². The third-order valence-electron chi connectivity index (χ3n) is 4.51. The molecule has 0 spiro atoms. The van der Waals surface area contributed by atoms with Crippen molar-refractivity contribution in [1.29, 1.82) is 0 Å². The average molecular weight is 375 g/mol. The summed E-state index contributed by atoms with van der Waals surface area (Å²) in [4.78, 5) is 37.6. The van der Waals surface area contributed by atoms with Crippen LogP contribution in [0.4, 0.5) is 0 Å². The van der Waals surface area contributed by atoms with Crippen molar-refractivity contribution in [2.45, 2.75) is 26.2 Å². The summed E-state index contributed by atoms with van der Waals surface area (Å²) in [5, 5.41) is 26.6. The Morgan fingerprint density at radius 3 is 1.08 bits per heavy atom. The molecule has 0 aliphatic carbocycles. The van der Waals surface area contributed by atoms with Crippen molar-refractivity contribution in [3.8, 4) is 0 Å². The second-order valence-corrected chi connectivity index (χ2v) is 7.46. The van der Waals surface area contributed by atoms with Crippen LogP contribution in [0.15, 0.2) is 0 Å². The normalized spacial score (nSPS) is 12.1. The SMILES string of the molecule is CN(CCC(C)(CCN(C)CC(=O)O)CCN(C)CC(=O)O)CC(=O)O. The monoisotopic (exact) mass is 375 g/mol. The first-order valence-electron chi connectivity index (χ1n) is 8.64. The third-order valence-corrected chi connectivity index (χ3v) is 4.51. The van der Waals surface area contributed by atoms with Crippen LogP contribution in [0.1, 0.15) is 26.2 Å². The van der Waals surface area contributed by atoms with E-state index in [0.29, 0.717) is 19.6 Å². The molecule has 26 heavy (non-hydrogen) atoms. The zero-order valence-electron chi connectivity index (χ0n) is 16.3. The van der Waals surface area contributed by atoms with Crippen molar-refractivity contribution < 1.29 is 29.7 Å². The highest BCUT2D eigenvalue weighted by Gasteiger charge is 2.26. The summed E-state index contributed by atoms with van der Waals surface area (Å²) in [6, 6.07) is 0. The zero-order valence-corrected chi connectivity index (χ0v) is 16.3. The van der Waals surface area contributed by atoms with Gasteiger partial charge in [-0.1, -0.05) is 6.92 Å². The van der Waals surface area contributed by atoms with Gasteiger partial charge in [0.1, 0.15) is 0 Å². The molecule has 0 bridgehead atoms. The minimum Gasteiger partial charge on any atom is -0.480 e. The molecule has 0 aliphatic rings. The standard InChI is InChI=1S/C17H33N3O6/c1-17(5-8-18(2)11-14(21)22,6-9-19(3)12-15(23)24)7-10-20(4)13-16(25)26/h5-13H2,1-4H3,(H,21,22)(H,23,24)(H,25,26). The van der Waals surface area contributed by atoms with Crippen molar-refractivity contribution in [3.63, 3.8) is 0 Å². The summed E-state index contributed by atoms with van der Waals surface area (Å²) < 4.78 is 0. The Kier molecular flexibility index (Phi) is 11.0. The molecule has 0 aliphatic heterocycles. The smallest absolute Gasteiger partial charge is 0.317 e. The summed E-state index contributed by atoms with van der Waals surface area (Å²) in [7, 11) is 5.25. The average Bonchev–Trinajstić information content (AvgIpc) is 2.47. The van der Waals surface area contributed by atoms with Gasteiger partial charge < -0.3 is 15.3 Å². The van der Waals surface area contributed by atoms with Crippen LogP contribution < -0.4 is 0 Å². The fraction of sp³-hybridized carbons (Fsp3) is 0.824. The quantitative estimate of drug-likeness (QED) is 0.369. The van der Waals surface area contributed by atoms with E-state index in [1.807, 2.05) is 0 Å². The Labute approximate surface area is 155 Å². The second kappa shape index (κ2) is 11.8. The number of carboxylic acid groups (broad SMARTS) is 3. The molecule has 0 atom stereocenters. The van der Waals surface area contributed by atoms with Gasteiger partial charge in [-0.25, -0.2) is 0 Å². The van der Waals surface area contributed by atoms with E-state index in [9.17, 15) is 14.4 Å². The van der Waals surface area contributed by atoms with E-state index in [2.05, 4.69) is 6.92 Å². The molecule has 0 aromatic carbocycles. The molecule has 0 radical (unpaired) electrons. The molecule has 3 N–H and O–H groups in total. The molecule has 0 saturated heterocycles. The van der Waals surface area contributed by atoms with Crippen LogP contribution in [0.5, 0.6) is 0 Å². The molecule has 152 valence electrons. The van der Waals surface area contributed by atoms with Gasteiger partial charge in [-0.15, -0.1) is 0 Å². The Hall–Kier alpha value is -1.71. The molecule has 0 saturated carbocycles. The first-order chi connectivity index (χ1) is 11.9. The first kappa shape index (κ1) is 24.3. The summed E-state index contributed by atoms with van der Waals surface area (Å²) >= 11 is 0. The van der Waals surface area contributed by atoms with Gasteiger partial charge in [0.25, 0.3) is 0 Å². The number of carboxylic acids is 3. The van der Waals surface area contributed by atoms with Crippen LogP contribution in [0.2, 0.25) is 0 Å². The number of nitrogens with zero attached hydrogens (tertiary/aromatic N) is 3. The van der Waals surface area contributed by atoms with Gasteiger partial charge in [-0.3, -0.25) is 29.1 Å². The zero-order chi connectivity index (χ0) is 20.3. The van der Waals surface area contributed by atoms with Gasteiger partial charge in [0, 0.05) is 0 Å². The molecule has 0 heterocycles. The Bertz CT molecular complexity index is 407. The van der Waals surface area contributed by atoms with Crippen molar-refractivity contribution in [2.24, 2.45) is 5.41 Å². The predicted octanol–water partition coefficient (Wildman–Crippen LogP) is 0.212. The predicted molar refractivity (Wildman–Crippen MR) is 97.4 cm³/mol. The lowest BCUT2D eigenvalue weighted by atomic mass is 9.79. The first-order valence-corrected chi connectivity index (χ1v) is 8.64. The van der Waals surface area contributed by atoms with Crippen molar-refractivity contribution in [1.82, 2.24) is 14.7 Å². The molecular weight excluding hydrogens is 342 g/mol. The Morgan fingerprint density at radius 2 is 0.885 bits per heavy atom. The summed E-state index contributed by atoms with van der Waals surface area (Å²) in [6.07, 6.45) is 2.25. The minimum atomic E-state index is -0.878. The Morgan fingerprint density at radius 1 is 0.654 bits per heavy atom. The maximum Gasteiger partial charge on any atom is 0.317 e. The largest absolute Gasteiger partial charge is 0.480 e. The number of hydrogen-bond acceptors (Lipinski definition) is 6. The van der Waals surface area contributed by atoms with E-state index >= 15 is 0 Å².